The molecule has 0 radical (unpaired) electrons. The summed E-state index contributed by atoms with van der Waals surface area (Å²) in [6.07, 6.45) is 3.82. The van der Waals surface area contributed by atoms with E-state index in [-0.39, 0.29) is 17.7 Å². The summed E-state index contributed by atoms with van der Waals surface area (Å²) in [6.45, 7) is 5.41. The predicted octanol–water partition coefficient (Wildman–Crippen LogP) is 3.01. The topological polar surface area (TPSA) is 66.5 Å². The maximum Gasteiger partial charge on any atom is 0.261 e. The zero-order valence-corrected chi connectivity index (χ0v) is 14.5. The normalized spacial score (nSPS) is 13.5. The largest absolute Gasteiger partial charge is 0.356 e. The van der Waals surface area contributed by atoms with Crippen LogP contribution in [0.5, 0.6) is 0 Å². The van der Waals surface area contributed by atoms with E-state index in [0.717, 1.165) is 32.2 Å². The van der Waals surface area contributed by atoms with Crippen molar-refractivity contribution in [2.45, 2.75) is 46.0 Å². The second-order valence-electron chi connectivity index (χ2n) is 6.65. The van der Waals surface area contributed by atoms with Crippen molar-refractivity contribution < 1.29 is 14.4 Å². The molecule has 0 aliphatic carbocycles. The molecule has 0 aromatic heterocycles. The minimum atomic E-state index is -0.206. The van der Waals surface area contributed by atoms with Crippen molar-refractivity contribution >= 4 is 17.7 Å². The Morgan fingerprint density at radius 3 is 2.25 bits per heavy atom. The van der Waals surface area contributed by atoms with E-state index in [4.69, 9.17) is 0 Å². The first-order valence-corrected chi connectivity index (χ1v) is 8.72. The molecule has 5 nitrogen and oxygen atoms in total. The summed E-state index contributed by atoms with van der Waals surface area (Å²) in [5.41, 5.74) is 0.985. The van der Waals surface area contributed by atoms with Crippen LogP contribution >= 0.6 is 0 Å². The summed E-state index contributed by atoms with van der Waals surface area (Å²) in [5.74, 6) is 0.255. The van der Waals surface area contributed by atoms with Crippen LogP contribution in [0, 0.1) is 5.92 Å². The number of unbranched alkanes of at least 4 members (excludes halogenated alkanes) is 2. The standard InChI is InChI=1S/C19H26N2O3/c1-14(2)11-12-20-17(22)10-4-3-7-13-21-18(23)15-8-5-6-9-16(15)19(21)24/h5-6,8-9,14H,3-4,7,10-13H2,1-2H3,(H,20,22). The molecule has 130 valence electrons. The molecule has 1 aromatic carbocycles. The van der Waals surface area contributed by atoms with Crippen molar-refractivity contribution in [1.29, 1.82) is 0 Å². The first kappa shape index (κ1) is 18.2. The number of hydrogen-bond acceptors (Lipinski definition) is 3. The van der Waals surface area contributed by atoms with Crippen LogP contribution < -0.4 is 5.32 Å². The number of benzene rings is 1. The van der Waals surface area contributed by atoms with Crippen molar-refractivity contribution in [3.63, 3.8) is 0 Å². The highest BCUT2D eigenvalue weighted by Gasteiger charge is 2.34. The number of nitrogens with zero attached hydrogens (tertiary/aromatic N) is 1. The number of hydrogen-bond donors (Lipinski definition) is 1. The molecule has 0 bridgehead atoms. The number of carbonyl (C=O) groups is 3. The van der Waals surface area contributed by atoms with Gasteiger partial charge in [0.1, 0.15) is 0 Å². The Hall–Kier alpha value is -2.17. The quantitative estimate of drug-likeness (QED) is 0.559. The molecule has 0 spiro atoms. The average molecular weight is 330 g/mol. The molecule has 1 aliphatic heterocycles. The molecule has 0 saturated heterocycles. The van der Waals surface area contributed by atoms with E-state index in [0.29, 0.717) is 30.0 Å². The molecule has 0 atom stereocenters. The van der Waals surface area contributed by atoms with Gasteiger partial charge in [0.05, 0.1) is 11.1 Å². The van der Waals surface area contributed by atoms with Gasteiger partial charge in [-0.15, -0.1) is 0 Å². The summed E-state index contributed by atoms with van der Waals surface area (Å²) < 4.78 is 0. The van der Waals surface area contributed by atoms with Gasteiger partial charge < -0.3 is 5.32 Å². The fraction of sp³-hybridized carbons (Fsp3) is 0.526. The Bertz CT molecular complexity index is 575. The van der Waals surface area contributed by atoms with Gasteiger partial charge in [-0.25, -0.2) is 0 Å². The molecule has 0 unspecified atom stereocenters. The fourth-order valence-electron chi connectivity index (χ4n) is 2.76. The first-order chi connectivity index (χ1) is 11.5. The van der Waals surface area contributed by atoms with Crippen LogP contribution in [0.25, 0.3) is 0 Å². The maximum absolute atomic E-state index is 12.2. The monoisotopic (exact) mass is 330 g/mol. The van der Waals surface area contributed by atoms with Gasteiger partial charge in [-0.05, 0) is 37.3 Å². The molecule has 1 heterocycles. The van der Waals surface area contributed by atoms with Crippen LogP contribution in [0.2, 0.25) is 0 Å². The average Bonchev–Trinajstić information content (AvgIpc) is 2.79. The van der Waals surface area contributed by atoms with Crippen LogP contribution in [-0.4, -0.2) is 35.7 Å². The van der Waals surface area contributed by atoms with Gasteiger partial charge in [-0.2, -0.15) is 0 Å². The van der Waals surface area contributed by atoms with Gasteiger partial charge in [-0.1, -0.05) is 32.4 Å². The van der Waals surface area contributed by atoms with E-state index in [9.17, 15) is 14.4 Å². The molecular formula is C19H26N2O3. The van der Waals surface area contributed by atoms with Crippen molar-refractivity contribution in [2.75, 3.05) is 13.1 Å². The third kappa shape index (κ3) is 4.66. The minimum Gasteiger partial charge on any atom is -0.356 e. The molecule has 0 fully saturated rings. The van der Waals surface area contributed by atoms with Gasteiger partial charge >= 0.3 is 0 Å². The first-order valence-electron chi connectivity index (χ1n) is 8.72. The molecule has 5 heteroatoms. The Morgan fingerprint density at radius 2 is 1.67 bits per heavy atom. The summed E-state index contributed by atoms with van der Waals surface area (Å²) in [6, 6.07) is 6.92. The lowest BCUT2D eigenvalue weighted by Crippen LogP contribution is -2.30. The second kappa shape index (κ2) is 8.62. The number of rotatable bonds is 9. The lowest BCUT2D eigenvalue weighted by molar-refractivity contribution is -0.121. The lowest BCUT2D eigenvalue weighted by atomic mass is 10.1. The Kier molecular flexibility index (Phi) is 6.53. The second-order valence-corrected chi connectivity index (χ2v) is 6.65. The molecule has 24 heavy (non-hydrogen) atoms. The number of carbonyl (C=O) groups excluding carboxylic acids is 3. The highest BCUT2D eigenvalue weighted by atomic mass is 16.2. The van der Waals surface area contributed by atoms with Crippen molar-refractivity contribution in [1.82, 2.24) is 10.2 Å². The van der Waals surface area contributed by atoms with E-state index < -0.39 is 0 Å². The molecular weight excluding hydrogens is 304 g/mol. The Morgan fingerprint density at radius 1 is 1.04 bits per heavy atom. The van der Waals surface area contributed by atoms with Gasteiger partial charge in [-0.3, -0.25) is 19.3 Å². The number of fused-ring (bicyclic) bond motifs is 1. The number of imide groups is 1. The van der Waals surface area contributed by atoms with Crippen LogP contribution in [0.3, 0.4) is 0 Å². The van der Waals surface area contributed by atoms with E-state index in [1.807, 2.05) is 0 Å². The summed E-state index contributed by atoms with van der Waals surface area (Å²) in [4.78, 5) is 37.4. The number of nitrogens with one attached hydrogen (secondary N) is 1. The maximum atomic E-state index is 12.2. The van der Waals surface area contributed by atoms with Crippen LogP contribution in [-0.2, 0) is 4.79 Å². The van der Waals surface area contributed by atoms with E-state index in [2.05, 4.69) is 19.2 Å². The third-order valence-electron chi connectivity index (χ3n) is 4.21. The molecule has 1 aliphatic rings. The van der Waals surface area contributed by atoms with Crippen LogP contribution in [0.1, 0.15) is 66.7 Å². The minimum absolute atomic E-state index is 0.0800. The summed E-state index contributed by atoms with van der Waals surface area (Å²) >= 11 is 0. The molecule has 1 aromatic rings. The Balaban J connectivity index is 1.64. The van der Waals surface area contributed by atoms with Crippen molar-refractivity contribution in [3.05, 3.63) is 35.4 Å². The molecule has 3 amide bonds. The van der Waals surface area contributed by atoms with E-state index >= 15 is 0 Å². The molecule has 2 rings (SSSR count). The SMILES string of the molecule is CC(C)CCNC(=O)CCCCCN1C(=O)c2ccccc2C1=O. The van der Waals surface area contributed by atoms with E-state index in [1.54, 1.807) is 24.3 Å². The van der Waals surface area contributed by atoms with Crippen LogP contribution in [0.4, 0.5) is 0 Å². The smallest absolute Gasteiger partial charge is 0.261 e. The van der Waals surface area contributed by atoms with Gasteiger partial charge in [0.15, 0.2) is 0 Å². The highest BCUT2D eigenvalue weighted by molar-refractivity contribution is 6.21. The van der Waals surface area contributed by atoms with Crippen molar-refractivity contribution in [3.8, 4) is 0 Å². The molecule has 0 saturated carbocycles. The third-order valence-corrected chi connectivity index (χ3v) is 4.21. The zero-order valence-electron chi connectivity index (χ0n) is 14.5. The van der Waals surface area contributed by atoms with Gasteiger partial charge in [0.2, 0.25) is 5.91 Å². The zero-order chi connectivity index (χ0) is 17.5. The van der Waals surface area contributed by atoms with Gasteiger partial charge in [0.25, 0.3) is 11.8 Å². The molecule has 1 N–H and O–H groups in total. The predicted molar refractivity (Wildman–Crippen MR) is 92.7 cm³/mol. The fourth-order valence-corrected chi connectivity index (χ4v) is 2.76. The van der Waals surface area contributed by atoms with Gasteiger partial charge in [0, 0.05) is 19.5 Å². The highest BCUT2D eigenvalue weighted by Crippen LogP contribution is 2.22. The lowest BCUT2D eigenvalue weighted by Gasteiger charge is -2.13. The Labute approximate surface area is 143 Å². The number of amides is 3. The van der Waals surface area contributed by atoms with Crippen molar-refractivity contribution in [2.24, 2.45) is 5.92 Å². The van der Waals surface area contributed by atoms with E-state index in [1.165, 1.54) is 4.90 Å². The van der Waals surface area contributed by atoms with Crippen LogP contribution in [0.15, 0.2) is 24.3 Å². The summed E-state index contributed by atoms with van der Waals surface area (Å²) in [7, 11) is 0. The summed E-state index contributed by atoms with van der Waals surface area (Å²) in [5, 5.41) is 2.91.